The second-order valence-corrected chi connectivity index (χ2v) is 6.11. The maximum Gasteiger partial charge on any atom is 0.266 e. The highest BCUT2D eigenvalue weighted by atomic mass is 35.5. The monoisotopic (exact) mass is 368 g/mol. The molecule has 1 aliphatic rings. The fourth-order valence-electron chi connectivity index (χ4n) is 2.55. The molecule has 1 aliphatic heterocycles. The minimum atomic E-state index is -0.484. The predicted octanol–water partition coefficient (Wildman–Crippen LogP) is 4.22. The summed E-state index contributed by atoms with van der Waals surface area (Å²) in [5.41, 5.74) is 2.36. The maximum atomic E-state index is 12.4. The minimum absolute atomic E-state index is 0.0303. The Morgan fingerprint density at radius 3 is 2.69 bits per heavy atom. The number of fused-ring (bicyclic) bond motifs is 1. The third kappa shape index (κ3) is 3.98. The SMILES string of the molecule is CCc1ccc(NC(=O)/C(C#N)=C/c2cc(Cl)c3c(c2)OCCO3)cc1. The van der Waals surface area contributed by atoms with Gasteiger partial charge in [-0.15, -0.1) is 0 Å². The first kappa shape index (κ1) is 17.8. The Hall–Kier alpha value is -2.97. The summed E-state index contributed by atoms with van der Waals surface area (Å²) in [6.45, 7) is 2.92. The average Bonchev–Trinajstić information content (AvgIpc) is 2.66. The van der Waals surface area contributed by atoms with E-state index in [2.05, 4.69) is 12.2 Å². The summed E-state index contributed by atoms with van der Waals surface area (Å²) in [5, 5.41) is 12.5. The molecule has 0 aromatic heterocycles. The molecular weight excluding hydrogens is 352 g/mol. The standard InChI is InChI=1S/C20H17ClN2O3/c1-2-13-3-5-16(6-4-13)23-20(24)15(12-22)9-14-10-17(21)19-18(11-14)25-7-8-26-19/h3-6,9-11H,2,7-8H2,1H3,(H,23,24)/b15-9+. The molecule has 6 heteroatoms. The van der Waals surface area contributed by atoms with Gasteiger partial charge in [-0.05, 0) is 47.9 Å². The molecular formula is C20H17ClN2O3. The first-order valence-corrected chi connectivity index (χ1v) is 8.59. The molecule has 0 radical (unpaired) electrons. The topological polar surface area (TPSA) is 71.4 Å². The molecule has 0 aliphatic carbocycles. The van der Waals surface area contributed by atoms with E-state index in [4.69, 9.17) is 21.1 Å². The lowest BCUT2D eigenvalue weighted by atomic mass is 10.1. The van der Waals surface area contributed by atoms with Crippen LogP contribution >= 0.6 is 11.6 Å². The Balaban J connectivity index is 1.82. The Labute approximate surface area is 156 Å². The van der Waals surface area contributed by atoms with Gasteiger partial charge in [0.25, 0.3) is 5.91 Å². The van der Waals surface area contributed by atoms with Crippen LogP contribution in [0.4, 0.5) is 5.69 Å². The van der Waals surface area contributed by atoms with Gasteiger partial charge in [-0.3, -0.25) is 4.79 Å². The van der Waals surface area contributed by atoms with Crippen LogP contribution in [0, 0.1) is 11.3 Å². The molecule has 1 heterocycles. The normalized spacial score (nSPS) is 13.0. The Kier molecular flexibility index (Phi) is 5.45. The number of hydrogen-bond acceptors (Lipinski definition) is 4. The molecule has 1 N–H and O–H groups in total. The lowest BCUT2D eigenvalue weighted by molar-refractivity contribution is -0.112. The van der Waals surface area contributed by atoms with E-state index in [0.29, 0.717) is 41.0 Å². The highest BCUT2D eigenvalue weighted by Gasteiger charge is 2.17. The van der Waals surface area contributed by atoms with Crippen LogP contribution in [0.25, 0.3) is 6.08 Å². The lowest BCUT2D eigenvalue weighted by Crippen LogP contribution is -2.16. The van der Waals surface area contributed by atoms with E-state index in [1.807, 2.05) is 30.3 Å². The van der Waals surface area contributed by atoms with Gasteiger partial charge in [0.15, 0.2) is 11.5 Å². The number of anilines is 1. The first-order valence-electron chi connectivity index (χ1n) is 8.22. The molecule has 2 aromatic rings. The van der Waals surface area contributed by atoms with Crippen molar-refractivity contribution in [2.24, 2.45) is 0 Å². The molecule has 3 rings (SSSR count). The van der Waals surface area contributed by atoms with Gasteiger partial charge in [0.1, 0.15) is 24.9 Å². The van der Waals surface area contributed by atoms with E-state index < -0.39 is 5.91 Å². The molecule has 26 heavy (non-hydrogen) atoms. The van der Waals surface area contributed by atoms with E-state index >= 15 is 0 Å². The van der Waals surface area contributed by atoms with Crippen molar-refractivity contribution in [1.82, 2.24) is 0 Å². The van der Waals surface area contributed by atoms with Crippen LogP contribution in [0.1, 0.15) is 18.1 Å². The predicted molar refractivity (Wildman–Crippen MR) is 100 cm³/mol. The molecule has 0 bridgehead atoms. The first-order chi connectivity index (χ1) is 12.6. The summed E-state index contributed by atoms with van der Waals surface area (Å²) in [5.74, 6) is 0.500. The second-order valence-electron chi connectivity index (χ2n) is 5.70. The summed E-state index contributed by atoms with van der Waals surface area (Å²) in [7, 11) is 0. The highest BCUT2D eigenvalue weighted by Crippen LogP contribution is 2.38. The summed E-state index contributed by atoms with van der Waals surface area (Å²) < 4.78 is 11.0. The number of benzene rings is 2. The Morgan fingerprint density at radius 2 is 2.00 bits per heavy atom. The number of carbonyl (C=O) groups is 1. The number of carbonyl (C=O) groups excluding carboxylic acids is 1. The number of nitrogens with zero attached hydrogens (tertiary/aromatic N) is 1. The molecule has 0 saturated carbocycles. The fourth-order valence-corrected chi connectivity index (χ4v) is 2.83. The third-order valence-corrected chi connectivity index (χ3v) is 4.20. The van der Waals surface area contributed by atoms with Crippen molar-refractivity contribution in [3.05, 3.63) is 58.1 Å². The number of ether oxygens (including phenoxy) is 2. The fraction of sp³-hybridized carbons (Fsp3) is 0.200. The van der Waals surface area contributed by atoms with Crippen LogP contribution in [0.5, 0.6) is 11.5 Å². The molecule has 0 fully saturated rings. The van der Waals surface area contributed by atoms with Gasteiger partial charge in [-0.2, -0.15) is 5.26 Å². The number of hydrogen-bond donors (Lipinski definition) is 1. The summed E-state index contributed by atoms with van der Waals surface area (Å²) in [4.78, 5) is 12.4. The van der Waals surface area contributed by atoms with E-state index in [0.717, 1.165) is 6.42 Å². The average molecular weight is 369 g/mol. The van der Waals surface area contributed by atoms with E-state index in [9.17, 15) is 10.1 Å². The zero-order chi connectivity index (χ0) is 18.5. The maximum absolute atomic E-state index is 12.4. The van der Waals surface area contributed by atoms with Crippen LogP contribution in [0.2, 0.25) is 5.02 Å². The van der Waals surface area contributed by atoms with Crippen LogP contribution in [-0.2, 0) is 11.2 Å². The molecule has 0 unspecified atom stereocenters. The lowest BCUT2D eigenvalue weighted by Gasteiger charge is -2.19. The minimum Gasteiger partial charge on any atom is -0.486 e. The molecule has 0 saturated heterocycles. The Morgan fingerprint density at radius 1 is 1.27 bits per heavy atom. The molecule has 1 amide bonds. The van der Waals surface area contributed by atoms with Gasteiger partial charge in [-0.25, -0.2) is 0 Å². The quantitative estimate of drug-likeness (QED) is 0.648. The van der Waals surface area contributed by atoms with Gasteiger partial charge in [-0.1, -0.05) is 30.7 Å². The zero-order valence-electron chi connectivity index (χ0n) is 14.2. The van der Waals surface area contributed by atoms with Gasteiger partial charge in [0.2, 0.25) is 0 Å². The van der Waals surface area contributed by atoms with Crippen LogP contribution in [0.3, 0.4) is 0 Å². The number of amides is 1. The van der Waals surface area contributed by atoms with Crippen molar-refractivity contribution in [3.8, 4) is 17.6 Å². The summed E-state index contributed by atoms with van der Waals surface area (Å²) in [6, 6.07) is 12.8. The second kappa shape index (κ2) is 7.94. The van der Waals surface area contributed by atoms with Gasteiger partial charge >= 0.3 is 0 Å². The smallest absolute Gasteiger partial charge is 0.266 e. The van der Waals surface area contributed by atoms with Crippen molar-refractivity contribution in [2.75, 3.05) is 18.5 Å². The van der Waals surface area contributed by atoms with Crippen molar-refractivity contribution in [3.63, 3.8) is 0 Å². The highest BCUT2D eigenvalue weighted by molar-refractivity contribution is 6.32. The number of aryl methyl sites for hydroxylation is 1. The van der Waals surface area contributed by atoms with E-state index in [1.54, 1.807) is 12.1 Å². The summed E-state index contributed by atoms with van der Waals surface area (Å²) >= 11 is 6.19. The van der Waals surface area contributed by atoms with Crippen molar-refractivity contribution in [1.29, 1.82) is 5.26 Å². The molecule has 2 aromatic carbocycles. The number of nitriles is 1. The van der Waals surface area contributed by atoms with E-state index in [-0.39, 0.29) is 5.57 Å². The molecule has 0 spiro atoms. The Bertz CT molecular complexity index is 899. The molecule has 5 nitrogen and oxygen atoms in total. The van der Waals surface area contributed by atoms with E-state index in [1.165, 1.54) is 11.6 Å². The third-order valence-electron chi connectivity index (χ3n) is 3.92. The van der Waals surface area contributed by atoms with Crippen molar-refractivity contribution >= 4 is 29.3 Å². The summed E-state index contributed by atoms with van der Waals surface area (Å²) in [6.07, 6.45) is 2.39. The largest absolute Gasteiger partial charge is 0.486 e. The number of nitrogens with one attached hydrogen (secondary N) is 1. The van der Waals surface area contributed by atoms with Gasteiger partial charge < -0.3 is 14.8 Å². The molecule has 0 atom stereocenters. The van der Waals surface area contributed by atoms with Crippen LogP contribution in [-0.4, -0.2) is 19.1 Å². The van der Waals surface area contributed by atoms with Crippen LogP contribution < -0.4 is 14.8 Å². The number of halogens is 1. The molecule has 132 valence electrons. The van der Waals surface area contributed by atoms with Crippen molar-refractivity contribution in [2.45, 2.75) is 13.3 Å². The van der Waals surface area contributed by atoms with Crippen LogP contribution in [0.15, 0.2) is 42.0 Å². The number of rotatable bonds is 4. The van der Waals surface area contributed by atoms with Gasteiger partial charge in [0, 0.05) is 5.69 Å². The zero-order valence-corrected chi connectivity index (χ0v) is 15.0. The van der Waals surface area contributed by atoms with Gasteiger partial charge in [0.05, 0.1) is 5.02 Å². The van der Waals surface area contributed by atoms with Crippen molar-refractivity contribution < 1.29 is 14.3 Å².